The second-order valence-corrected chi connectivity index (χ2v) is 7.58. The Morgan fingerprint density at radius 3 is 2.70 bits per heavy atom. The Kier molecular flexibility index (Phi) is 5.92. The molecule has 2 aliphatic rings. The quantitative estimate of drug-likeness (QED) is 0.768. The highest BCUT2D eigenvalue weighted by Crippen LogP contribution is 2.41. The van der Waals surface area contributed by atoms with Gasteiger partial charge in [-0.3, -0.25) is 9.59 Å². The van der Waals surface area contributed by atoms with Crippen LogP contribution < -0.4 is 9.47 Å². The van der Waals surface area contributed by atoms with Crippen LogP contribution in [0.2, 0.25) is 0 Å². The Hall–Kier alpha value is -2.24. The van der Waals surface area contributed by atoms with Crippen molar-refractivity contribution >= 4 is 11.8 Å². The van der Waals surface area contributed by atoms with E-state index in [0.29, 0.717) is 37.6 Å². The number of ether oxygens (including phenoxy) is 2. The third-order valence-corrected chi connectivity index (χ3v) is 5.84. The predicted molar refractivity (Wildman–Crippen MR) is 103 cm³/mol. The second kappa shape index (κ2) is 8.19. The summed E-state index contributed by atoms with van der Waals surface area (Å²) in [6, 6.07) is 5.75. The first-order valence-corrected chi connectivity index (χ1v) is 9.81. The smallest absolute Gasteiger partial charge is 0.230 e. The summed E-state index contributed by atoms with van der Waals surface area (Å²) in [6.07, 6.45) is 4.02. The number of likely N-dealkylation sites (tertiary alicyclic amines) is 2. The van der Waals surface area contributed by atoms with Gasteiger partial charge in [0.15, 0.2) is 11.5 Å². The van der Waals surface area contributed by atoms with Crippen LogP contribution in [-0.4, -0.2) is 55.5 Å². The van der Waals surface area contributed by atoms with Crippen molar-refractivity contribution in [2.75, 3.05) is 33.9 Å². The zero-order chi connectivity index (χ0) is 19.4. The molecule has 1 spiro atoms. The fourth-order valence-corrected chi connectivity index (χ4v) is 4.42. The minimum Gasteiger partial charge on any atom is -0.493 e. The summed E-state index contributed by atoms with van der Waals surface area (Å²) in [4.78, 5) is 29.4. The molecule has 2 saturated heterocycles. The van der Waals surface area contributed by atoms with Gasteiger partial charge in [-0.2, -0.15) is 0 Å². The van der Waals surface area contributed by atoms with Crippen LogP contribution in [0.5, 0.6) is 11.5 Å². The molecule has 2 aliphatic heterocycles. The fourth-order valence-electron chi connectivity index (χ4n) is 4.42. The Morgan fingerprint density at radius 1 is 1.19 bits per heavy atom. The zero-order valence-electron chi connectivity index (χ0n) is 16.6. The van der Waals surface area contributed by atoms with Crippen LogP contribution in [0.15, 0.2) is 18.2 Å². The molecular weight excluding hydrogens is 344 g/mol. The summed E-state index contributed by atoms with van der Waals surface area (Å²) >= 11 is 0. The van der Waals surface area contributed by atoms with E-state index in [1.165, 1.54) is 0 Å². The molecule has 2 amide bonds. The minimum absolute atomic E-state index is 0.172. The van der Waals surface area contributed by atoms with E-state index in [4.69, 9.17) is 9.47 Å². The van der Waals surface area contributed by atoms with Gasteiger partial charge >= 0.3 is 0 Å². The van der Waals surface area contributed by atoms with E-state index in [2.05, 4.69) is 0 Å². The van der Waals surface area contributed by atoms with Crippen molar-refractivity contribution in [3.63, 3.8) is 0 Å². The van der Waals surface area contributed by atoms with Crippen LogP contribution in [0.25, 0.3) is 0 Å². The molecular formula is C21H30N2O4. The third-order valence-electron chi connectivity index (χ3n) is 5.84. The number of benzene rings is 1. The molecule has 2 fully saturated rings. The van der Waals surface area contributed by atoms with E-state index >= 15 is 0 Å². The lowest BCUT2D eigenvalue weighted by Crippen LogP contribution is -2.50. The maximum absolute atomic E-state index is 13.3. The molecule has 0 bridgehead atoms. The molecule has 6 heteroatoms. The van der Waals surface area contributed by atoms with Crippen molar-refractivity contribution in [1.29, 1.82) is 0 Å². The van der Waals surface area contributed by atoms with Gasteiger partial charge in [-0.05, 0) is 31.7 Å². The van der Waals surface area contributed by atoms with Gasteiger partial charge in [0.05, 0.1) is 19.6 Å². The summed E-state index contributed by atoms with van der Waals surface area (Å²) in [5.41, 5.74) is 0.535. The van der Waals surface area contributed by atoms with Gasteiger partial charge in [-0.15, -0.1) is 0 Å². The fraction of sp³-hybridized carbons (Fsp3) is 0.619. The molecule has 6 nitrogen and oxygen atoms in total. The highest BCUT2D eigenvalue weighted by atomic mass is 16.5. The van der Waals surface area contributed by atoms with Crippen LogP contribution in [0.3, 0.4) is 0 Å². The van der Waals surface area contributed by atoms with Gasteiger partial charge in [0.1, 0.15) is 0 Å². The second-order valence-electron chi connectivity index (χ2n) is 7.58. The lowest BCUT2D eigenvalue weighted by Gasteiger charge is -2.39. The van der Waals surface area contributed by atoms with E-state index in [1.54, 1.807) is 14.2 Å². The van der Waals surface area contributed by atoms with E-state index in [9.17, 15) is 9.59 Å². The van der Waals surface area contributed by atoms with E-state index in [1.807, 2.05) is 34.9 Å². The number of rotatable bonds is 6. The van der Waals surface area contributed by atoms with Crippen molar-refractivity contribution in [3.05, 3.63) is 23.8 Å². The van der Waals surface area contributed by atoms with E-state index in [-0.39, 0.29) is 11.8 Å². The normalized spacial score (nSPS) is 22.4. The number of para-hydroxylation sites is 1. The third kappa shape index (κ3) is 3.75. The SMILES string of the molecule is CCCC(=O)N1CCC2(CCCN(Cc3cccc(OC)c3OC)C2=O)C1. The average Bonchev–Trinajstić information content (AvgIpc) is 3.10. The number of amides is 2. The van der Waals surface area contributed by atoms with Crippen LogP contribution in [-0.2, 0) is 16.1 Å². The molecule has 0 aromatic heterocycles. The van der Waals surface area contributed by atoms with Crippen molar-refractivity contribution < 1.29 is 19.1 Å². The van der Waals surface area contributed by atoms with Crippen molar-refractivity contribution in [2.24, 2.45) is 5.41 Å². The van der Waals surface area contributed by atoms with Gasteiger partial charge in [0.25, 0.3) is 0 Å². The van der Waals surface area contributed by atoms with Crippen LogP contribution in [0, 0.1) is 5.41 Å². The summed E-state index contributed by atoms with van der Waals surface area (Å²) in [6.45, 7) is 4.52. The number of carbonyl (C=O) groups is 2. The molecule has 3 rings (SSSR count). The van der Waals surface area contributed by atoms with E-state index < -0.39 is 5.41 Å². The van der Waals surface area contributed by atoms with Crippen molar-refractivity contribution in [1.82, 2.24) is 9.80 Å². The summed E-state index contributed by atoms with van der Waals surface area (Å²) in [5.74, 6) is 1.70. The highest BCUT2D eigenvalue weighted by Gasteiger charge is 2.49. The van der Waals surface area contributed by atoms with Gasteiger partial charge in [0.2, 0.25) is 11.8 Å². The van der Waals surface area contributed by atoms with Crippen molar-refractivity contribution in [3.8, 4) is 11.5 Å². The summed E-state index contributed by atoms with van der Waals surface area (Å²) in [7, 11) is 3.23. The first-order valence-electron chi connectivity index (χ1n) is 9.81. The minimum atomic E-state index is -0.409. The first-order chi connectivity index (χ1) is 13.0. The van der Waals surface area contributed by atoms with Gasteiger partial charge in [-0.25, -0.2) is 0 Å². The Labute approximate surface area is 161 Å². The lowest BCUT2D eigenvalue weighted by molar-refractivity contribution is -0.146. The number of hydrogen-bond acceptors (Lipinski definition) is 4. The number of carbonyl (C=O) groups excluding carboxylic acids is 2. The van der Waals surface area contributed by atoms with Crippen LogP contribution in [0.1, 0.15) is 44.6 Å². The van der Waals surface area contributed by atoms with Crippen LogP contribution in [0.4, 0.5) is 0 Å². The molecule has 1 aromatic rings. The number of piperidine rings is 1. The Bertz CT molecular complexity index is 705. The highest BCUT2D eigenvalue weighted by molar-refractivity contribution is 5.86. The molecule has 27 heavy (non-hydrogen) atoms. The molecule has 0 aliphatic carbocycles. The molecule has 0 saturated carbocycles. The Balaban J connectivity index is 1.76. The standard InChI is InChI=1S/C21H30N2O4/c1-4-7-18(24)23-13-11-21(15-23)10-6-12-22(20(21)25)14-16-8-5-9-17(26-2)19(16)27-3/h5,8-9H,4,6-7,10-15H2,1-3H3. The maximum Gasteiger partial charge on any atom is 0.230 e. The lowest BCUT2D eigenvalue weighted by atomic mass is 9.78. The van der Waals surface area contributed by atoms with Crippen LogP contribution >= 0.6 is 0 Å². The molecule has 1 aromatic carbocycles. The average molecular weight is 374 g/mol. The number of hydrogen-bond donors (Lipinski definition) is 0. The molecule has 1 atom stereocenters. The van der Waals surface area contributed by atoms with Gasteiger partial charge < -0.3 is 19.3 Å². The maximum atomic E-state index is 13.3. The van der Waals surface area contributed by atoms with Crippen molar-refractivity contribution in [2.45, 2.75) is 45.6 Å². The predicted octanol–water partition coefficient (Wildman–Crippen LogP) is 2.85. The monoisotopic (exact) mass is 374 g/mol. The summed E-state index contributed by atoms with van der Waals surface area (Å²) < 4.78 is 10.9. The molecule has 2 heterocycles. The zero-order valence-corrected chi connectivity index (χ0v) is 16.6. The Morgan fingerprint density at radius 2 is 2.00 bits per heavy atom. The summed E-state index contributed by atoms with van der Waals surface area (Å²) in [5, 5.41) is 0. The number of methoxy groups -OCH3 is 2. The molecule has 148 valence electrons. The topological polar surface area (TPSA) is 59.1 Å². The van der Waals surface area contributed by atoms with E-state index in [0.717, 1.165) is 37.8 Å². The number of nitrogens with zero attached hydrogens (tertiary/aromatic N) is 2. The first kappa shape index (κ1) is 19.5. The molecule has 0 radical (unpaired) electrons. The van der Waals surface area contributed by atoms with Gasteiger partial charge in [0, 0.05) is 38.2 Å². The van der Waals surface area contributed by atoms with Gasteiger partial charge in [-0.1, -0.05) is 19.1 Å². The largest absolute Gasteiger partial charge is 0.493 e. The molecule has 1 unspecified atom stereocenters. The molecule has 0 N–H and O–H groups in total.